The summed E-state index contributed by atoms with van der Waals surface area (Å²) in [5.74, 6) is 2.88. The maximum atomic E-state index is 6.08. The zero-order valence-corrected chi connectivity index (χ0v) is 16.3. The molecule has 1 unspecified atom stereocenters. The molecular formula is C24H26N2O2. The Morgan fingerprint density at radius 3 is 2.39 bits per heavy atom. The monoisotopic (exact) mass is 374 g/mol. The van der Waals surface area contributed by atoms with E-state index in [1.54, 1.807) is 0 Å². The highest BCUT2D eigenvalue weighted by Crippen LogP contribution is 2.25. The van der Waals surface area contributed by atoms with Crippen LogP contribution >= 0.6 is 0 Å². The number of rotatable bonds is 8. The van der Waals surface area contributed by atoms with Crippen LogP contribution in [-0.4, -0.2) is 18.5 Å². The molecule has 3 aromatic carbocycles. The summed E-state index contributed by atoms with van der Waals surface area (Å²) in [6.07, 6.45) is 0.553. The predicted octanol–water partition coefficient (Wildman–Crippen LogP) is 5.15. The van der Waals surface area contributed by atoms with Crippen molar-refractivity contribution < 1.29 is 9.47 Å². The number of hydrogen-bond acceptors (Lipinski definition) is 3. The summed E-state index contributed by atoms with van der Waals surface area (Å²) in [6.45, 7) is 4.55. The van der Waals surface area contributed by atoms with Crippen molar-refractivity contribution in [2.75, 3.05) is 6.54 Å². The molecule has 0 bridgehead atoms. The lowest BCUT2D eigenvalue weighted by Gasteiger charge is -2.14. The summed E-state index contributed by atoms with van der Waals surface area (Å²) in [5, 5.41) is 0. The zero-order valence-electron chi connectivity index (χ0n) is 16.3. The van der Waals surface area contributed by atoms with Crippen LogP contribution in [0.5, 0.6) is 17.2 Å². The van der Waals surface area contributed by atoms with Crippen LogP contribution in [0.3, 0.4) is 0 Å². The highest BCUT2D eigenvalue weighted by molar-refractivity contribution is 5.82. The first-order valence-corrected chi connectivity index (χ1v) is 9.42. The molecule has 0 aliphatic rings. The summed E-state index contributed by atoms with van der Waals surface area (Å²) in [7, 11) is 0. The maximum Gasteiger partial charge on any atom is 0.131 e. The number of aryl methyl sites for hydroxylation is 1. The number of benzene rings is 3. The molecule has 0 amide bonds. The number of hydrogen-bond donors (Lipinski definition) is 1. The van der Waals surface area contributed by atoms with Gasteiger partial charge in [-0.1, -0.05) is 54.1 Å². The van der Waals surface area contributed by atoms with Crippen molar-refractivity contribution in [2.24, 2.45) is 10.7 Å². The molecule has 0 saturated heterocycles. The Hall–Kier alpha value is -3.27. The molecule has 3 rings (SSSR count). The lowest BCUT2D eigenvalue weighted by molar-refractivity contribution is 0.229. The van der Waals surface area contributed by atoms with Crippen LogP contribution in [0.4, 0.5) is 0 Å². The Kier molecular flexibility index (Phi) is 6.68. The molecule has 4 heteroatoms. The van der Waals surface area contributed by atoms with E-state index in [0.29, 0.717) is 18.8 Å². The molecule has 2 N–H and O–H groups in total. The van der Waals surface area contributed by atoms with Crippen LogP contribution in [0, 0.1) is 6.92 Å². The first-order chi connectivity index (χ1) is 13.6. The predicted molar refractivity (Wildman–Crippen MR) is 114 cm³/mol. The number of para-hydroxylation sites is 1. The highest BCUT2D eigenvalue weighted by atomic mass is 16.5. The van der Waals surface area contributed by atoms with Crippen molar-refractivity contribution in [2.45, 2.75) is 26.4 Å². The molecule has 0 heterocycles. The summed E-state index contributed by atoms with van der Waals surface area (Å²) >= 11 is 0. The molecule has 0 aromatic heterocycles. The van der Waals surface area contributed by atoms with Gasteiger partial charge in [-0.15, -0.1) is 0 Å². The number of nitrogens with two attached hydrogens (primary N) is 1. The average Bonchev–Trinajstić information content (AvgIpc) is 2.67. The molecule has 1 atom stereocenters. The van der Waals surface area contributed by atoms with Crippen LogP contribution in [-0.2, 0) is 6.42 Å². The number of nitrogens with zero attached hydrogens (tertiary/aromatic N) is 1. The minimum atomic E-state index is -0.0944. The van der Waals surface area contributed by atoms with E-state index in [1.807, 2.05) is 67.6 Å². The molecule has 3 aromatic rings. The van der Waals surface area contributed by atoms with E-state index < -0.39 is 0 Å². The Labute approximate surface area is 166 Å². The van der Waals surface area contributed by atoms with Gasteiger partial charge in [-0.2, -0.15) is 0 Å². The van der Waals surface area contributed by atoms with Gasteiger partial charge in [-0.3, -0.25) is 4.99 Å². The lowest BCUT2D eigenvalue weighted by atomic mass is 10.1. The number of aliphatic imine (C=N–C) groups is 1. The summed E-state index contributed by atoms with van der Waals surface area (Å²) in [4.78, 5) is 4.47. The van der Waals surface area contributed by atoms with E-state index >= 15 is 0 Å². The third-order valence-electron chi connectivity index (χ3n) is 4.14. The summed E-state index contributed by atoms with van der Waals surface area (Å²) < 4.78 is 11.8. The summed E-state index contributed by atoms with van der Waals surface area (Å²) in [5.41, 5.74) is 8.47. The SMILES string of the molecule is Cc1cccc(CC(N)=NCC(C)Oc2cccc(Oc3ccccc3)c2)c1. The normalized spacial score (nSPS) is 12.4. The van der Waals surface area contributed by atoms with Crippen molar-refractivity contribution in [3.63, 3.8) is 0 Å². The van der Waals surface area contributed by atoms with Crippen molar-refractivity contribution in [3.8, 4) is 17.2 Å². The standard InChI is InChI=1S/C24H26N2O2/c1-18-8-6-9-20(14-18)15-24(25)26-17-19(2)27-22-12-7-13-23(16-22)28-21-10-4-3-5-11-21/h3-14,16,19H,15,17H2,1-2H3,(H2,25,26). The minimum Gasteiger partial charge on any atom is -0.489 e. The molecule has 144 valence electrons. The second kappa shape index (κ2) is 9.60. The van der Waals surface area contributed by atoms with Crippen LogP contribution < -0.4 is 15.2 Å². The molecular weight excluding hydrogens is 348 g/mol. The van der Waals surface area contributed by atoms with Gasteiger partial charge in [0.1, 0.15) is 23.4 Å². The summed E-state index contributed by atoms with van der Waals surface area (Å²) in [6, 6.07) is 25.6. The van der Waals surface area contributed by atoms with E-state index in [2.05, 4.69) is 30.1 Å². The third-order valence-corrected chi connectivity index (χ3v) is 4.14. The number of amidine groups is 1. The average molecular weight is 374 g/mol. The van der Waals surface area contributed by atoms with Gasteiger partial charge in [-0.25, -0.2) is 0 Å². The van der Waals surface area contributed by atoms with E-state index in [1.165, 1.54) is 11.1 Å². The minimum absolute atomic E-state index is 0.0944. The smallest absolute Gasteiger partial charge is 0.131 e. The molecule has 0 aliphatic carbocycles. The molecule has 0 fully saturated rings. The van der Waals surface area contributed by atoms with Gasteiger partial charge >= 0.3 is 0 Å². The fourth-order valence-corrected chi connectivity index (χ4v) is 2.84. The fourth-order valence-electron chi connectivity index (χ4n) is 2.84. The van der Waals surface area contributed by atoms with Gasteiger partial charge in [0.05, 0.1) is 12.4 Å². The largest absolute Gasteiger partial charge is 0.489 e. The maximum absolute atomic E-state index is 6.08. The van der Waals surface area contributed by atoms with Crippen LogP contribution in [0.15, 0.2) is 83.9 Å². The van der Waals surface area contributed by atoms with Crippen LogP contribution in [0.1, 0.15) is 18.1 Å². The Morgan fingerprint density at radius 1 is 0.893 bits per heavy atom. The van der Waals surface area contributed by atoms with Gasteiger partial charge in [0, 0.05) is 12.5 Å². The Balaban J connectivity index is 1.54. The van der Waals surface area contributed by atoms with Crippen molar-refractivity contribution in [1.82, 2.24) is 0 Å². The Bertz CT molecular complexity index is 923. The van der Waals surface area contributed by atoms with Gasteiger partial charge in [-0.05, 0) is 43.7 Å². The van der Waals surface area contributed by atoms with E-state index in [9.17, 15) is 0 Å². The third kappa shape index (κ3) is 6.16. The molecule has 0 spiro atoms. The molecule has 4 nitrogen and oxygen atoms in total. The van der Waals surface area contributed by atoms with Crippen LogP contribution in [0.2, 0.25) is 0 Å². The second-order valence-corrected chi connectivity index (χ2v) is 6.82. The van der Waals surface area contributed by atoms with Gasteiger partial charge in [0.2, 0.25) is 0 Å². The first kappa shape index (κ1) is 19.5. The van der Waals surface area contributed by atoms with Gasteiger partial charge in [0.15, 0.2) is 0 Å². The van der Waals surface area contributed by atoms with Crippen molar-refractivity contribution in [1.29, 1.82) is 0 Å². The number of ether oxygens (including phenoxy) is 2. The zero-order chi connectivity index (χ0) is 19.8. The van der Waals surface area contributed by atoms with Crippen LogP contribution in [0.25, 0.3) is 0 Å². The fraction of sp³-hybridized carbons (Fsp3) is 0.208. The first-order valence-electron chi connectivity index (χ1n) is 9.42. The Morgan fingerprint density at radius 2 is 1.61 bits per heavy atom. The topological polar surface area (TPSA) is 56.8 Å². The van der Waals surface area contributed by atoms with Gasteiger partial charge < -0.3 is 15.2 Å². The lowest BCUT2D eigenvalue weighted by Crippen LogP contribution is -2.21. The molecule has 0 aliphatic heterocycles. The molecule has 0 radical (unpaired) electrons. The van der Waals surface area contributed by atoms with E-state index in [-0.39, 0.29) is 6.10 Å². The second-order valence-electron chi connectivity index (χ2n) is 6.82. The van der Waals surface area contributed by atoms with E-state index in [0.717, 1.165) is 17.2 Å². The quantitative estimate of drug-likeness (QED) is 0.438. The van der Waals surface area contributed by atoms with Crippen molar-refractivity contribution in [3.05, 3.63) is 90.0 Å². The highest BCUT2D eigenvalue weighted by Gasteiger charge is 2.06. The van der Waals surface area contributed by atoms with Gasteiger partial charge in [0.25, 0.3) is 0 Å². The van der Waals surface area contributed by atoms with E-state index in [4.69, 9.17) is 15.2 Å². The molecule has 28 heavy (non-hydrogen) atoms. The molecule has 0 saturated carbocycles. The van der Waals surface area contributed by atoms with Crippen molar-refractivity contribution >= 4 is 5.84 Å².